The summed E-state index contributed by atoms with van der Waals surface area (Å²) in [5.74, 6) is 0.890. The molecule has 2 aromatic carbocycles. The first-order valence-electron chi connectivity index (χ1n) is 8.05. The molecule has 0 unspecified atom stereocenters. The quantitative estimate of drug-likeness (QED) is 0.630. The van der Waals surface area contributed by atoms with Crippen molar-refractivity contribution in [3.63, 3.8) is 0 Å². The number of nitrogens with one attached hydrogen (secondary N) is 1. The van der Waals surface area contributed by atoms with Crippen LogP contribution < -0.4 is 10.1 Å². The molecule has 1 N–H and O–H groups in total. The van der Waals surface area contributed by atoms with E-state index in [0.29, 0.717) is 24.3 Å². The fraction of sp³-hybridized carbons (Fsp3) is 0.263. The largest absolute Gasteiger partial charge is 0.494 e. The van der Waals surface area contributed by atoms with Crippen molar-refractivity contribution in [2.75, 3.05) is 11.9 Å². The third-order valence-corrected chi connectivity index (χ3v) is 4.13. The summed E-state index contributed by atoms with van der Waals surface area (Å²) >= 11 is 6.04. The third kappa shape index (κ3) is 7.11. The lowest BCUT2D eigenvalue weighted by molar-refractivity contribution is -0.116. The summed E-state index contributed by atoms with van der Waals surface area (Å²) < 4.78 is 15.7. The summed E-state index contributed by atoms with van der Waals surface area (Å²) in [6.45, 7) is 0.599. The van der Waals surface area contributed by atoms with Gasteiger partial charge in [0.25, 0.3) is 0 Å². The highest BCUT2D eigenvalue weighted by Crippen LogP contribution is 2.26. The second-order valence-electron chi connectivity index (χ2n) is 5.42. The number of hydrogen-bond acceptors (Lipinski definition) is 3. The first kappa shape index (κ1) is 19.2. The summed E-state index contributed by atoms with van der Waals surface area (Å²) in [4.78, 5) is 11.2. The number of fused-ring (bicyclic) bond motifs is 1. The maximum Gasteiger partial charge on any atom is 0.224 e. The van der Waals surface area contributed by atoms with Crippen LogP contribution in [0.25, 0.3) is 0 Å². The Morgan fingerprint density at radius 1 is 1.16 bits per heavy atom. The summed E-state index contributed by atoms with van der Waals surface area (Å²) in [5, 5.41) is 5.26. The van der Waals surface area contributed by atoms with Crippen molar-refractivity contribution in [2.45, 2.75) is 25.7 Å². The molecule has 0 aliphatic carbocycles. The molecular weight excluding hydrogens is 358 g/mol. The minimum Gasteiger partial charge on any atom is -0.494 e. The van der Waals surface area contributed by atoms with Gasteiger partial charge in [0, 0.05) is 22.5 Å². The molecule has 132 valence electrons. The van der Waals surface area contributed by atoms with Gasteiger partial charge < -0.3 is 10.1 Å². The number of benzene rings is 2. The highest BCUT2D eigenvalue weighted by atomic mass is 35.5. The van der Waals surface area contributed by atoms with E-state index in [4.69, 9.17) is 16.3 Å². The van der Waals surface area contributed by atoms with E-state index in [-0.39, 0.29) is 5.91 Å². The van der Waals surface area contributed by atoms with Crippen molar-refractivity contribution in [3.05, 3.63) is 59.1 Å². The summed E-state index contributed by atoms with van der Waals surface area (Å²) in [6, 6.07) is 15.2. The highest BCUT2D eigenvalue weighted by Gasteiger charge is 2.14. The number of carbonyl (C=O) groups is 1. The lowest BCUT2D eigenvalue weighted by Crippen LogP contribution is -2.18. The van der Waals surface area contributed by atoms with Gasteiger partial charge in [-0.3, -0.25) is 4.79 Å². The third-order valence-electron chi connectivity index (χ3n) is 3.51. The molecule has 6 heteroatoms. The molecule has 0 saturated heterocycles. The average Bonchev–Trinajstić information content (AvgIpc) is 2.63. The van der Waals surface area contributed by atoms with Gasteiger partial charge >= 0.3 is 0 Å². The van der Waals surface area contributed by atoms with Crippen LogP contribution in [0, 0.1) is 0 Å². The molecule has 3 rings (SSSR count). The van der Waals surface area contributed by atoms with E-state index in [1.54, 1.807) is 5.37 Å². The Labute approximate surface area is 156 Å². The Morgan fingerprint density at radius 3 is 2.64 bits per heavy atom. The van der Waals surface area contributed by atoms with Crippen LogP contribution in [0.15, 0.2) is 48.5 Å². The van der Waals surface area contributed by atoms with Gasteiger partial charge in [-0.15, -0.1) is 0 Å². The molecule has 2 aromatic rings. The van der Waals surface area contributed by atoms with Crippen LogP contribution in [-0.2, 0) is 22.5 Å². The van der Waals surface area contributed by atoms with Gasteiger partial charge in [0.2, 0.25) is 5.91 Å². The molecule has 1 aliphatic heterocycles. The molecule has 0 spiro atoms. The Bertz CT molecular complexity index is 746. The monoisotopic (exact) mass is 377 g/mol. The van der Waals surface area contributed by atoms with Crippen molar-refractivity contribution in [3.8, 4) is 5.75 Å². The Balaban J connectivity index is 0.000000269. The van der Waals surface area contributed by atoms with E-state index in [0.717, 1.165) is 41.3 Å². The molecular formula is C19H20ClNO3S. The van der Waals surface area contributed by atoms with Crippen molar-refractivity contribution in [1.82, 2.24) is 0 Å². The first-order chi connectivity index (χ1) is 12.2. The summed E-state index contributed by atoms with van der Waals surface area (Å²) in [7, 11) is 0. The molecule has 0 aromatic heterocycles. The number of hydrogen-bond donors (Lipinski definition) is 1. The highest BCUT2D eigenvalue weighted by molar-refractivity contribution is 7.64. The van der Waals surface area contributed by atoms with E-state index in [1.807, 2.05) is 48.5 Å². The number of aryl methyl sites for hydroxylation is 1. The smallest absolute Gasteiger partial charge is 0.224 e. The van der Waals surface area contributed by atoms with Gasteiger partial charge in [-0.1, -0.05) is 29.8 Å². The van der Waals surface area contributed by atoms with Crippen molar-refractivity contribution >= 4 is 39.8 Å². The predicted molar refractivity (Wildman–Crippen MR) is 104 cm³/mol. The van der Waals surface area contributed by atoms with Crippen molar-refractivity contribution in [2.24, 2.45) is 0 Å². The summed E-state index contributed by atoms with van der Waals surface area (Å²) in [6.07, 6.45) is 2.89. The van der Waals surface area contributed by atoms with Crippen LogP contribution in [0.4, 0.5) is 5.69 Å². The number of anilines is 1. The zero-order valence-corrected chi connectivity index (χ0v) is 15.3. The Hall–Kier alpha value is -2.11. The standard InChI is InChI=1S/C13H15NO3S.C6H5Cl/c15-13-6-3-10-9-11(4-5-12(10)14-13)17-7-1-2-8-18-16;7-6-4-2-1-3-5-6/h4-5,8-9H,1-3,6-7H2,(H,14,15);1-5H. The fourth-order valence-corrected chi connectivity index (χ4v) is 2.68. The molecule has 25 heavy (non-hydrogen) atoms. The number of carbonyl (C=O) groups excluding carboxylic acids is 1. The van der Waals surface area contributed by atoms with Crippen molar-refractivity contribution in [1.29, 1.82) is 0 Å². The average molecular weight is 378 g/mol. The number of halogens is 1. The van der Waals surface area contributed by atoms with Gasteiger partial charge in [-0.25, -0.2) is 4.21 Å². The van der Waals surface area contributed by atoms with E-state index in [1.165, 1.54) is 0 Å². The topological polar surface area (TPSA) is 55.4 Å². The fourth-order valence-electron chi connectivity index (χ4n) is 2.27. The lowest BCUT2D eigenvalue weighted by atomic mass is 10.0. The Kier molecular flexibility index (Phi) is 8.22. The van der Waals surface area contributed by atoms with E-state index < -0.39 is 0 Å². The minimum absolute atomic E-state index is 0.0711. The van der Waals surface area contributed by atoms with Crippen LogP contribution >= 0.6 is 11.6 Å². The molecule has 1 amide bonds. The number of rotatable bonds is 5. The first-order valence-corrected chi connectivity index (χ1v) is 9.24. The van der Waals surface area contributed by atoms with Crippen LogP contribution in [-0.4, -0.2) is 22.1 Å². The van der Waals surface area contributed by atoms with E-state index in [9.17, 15) is 9.00 Å². The van der Waals surface area contributed by atoms with Crippen LogP contribution in [0.1, 0.15) is 24.8 Å². The lowest BCUT2D eigenvalue weighted by Gasteiger charge is -2.17. The maximum atomic E-state index is 11.2. The number of amides is 1. The SMILES string of the molecule is Clc1ccccc1.O=S=CCCCOc1ccc2c(c1)CCC(=O)N2. The van der Waals surface area contributed by atoms with Gasteiger partial charge in [-0.2, -0.15) is 0 Å². The number of unbranched alkanes of at least 4 members (excludes halogenated alkanes) is 1. The molecule has 0 bridgehead atoms. The van der Waals surface area contributed by atoms with Crippen LogP contribution in [0.3, 0.4) is 0 Å². The molecule has 1 heterocycles. The summed E-state index contributed by atoms with van der Waals surface area (Å²) in [5.41, 5.74) is 2.00. The number of ether oxygens (including phenoxy) is 1. The molecule has 0 saturated carbocycles. The Morgan fingerprint density at radius 2 is 1.96 bits per heavy atom. The molecule has 0 fully saturated rings. The molecule has 1 aliphatic rings. The van der Waals surface area contributed by atoms with E-state index >= 15 is 0 Å². The normalized spacial score (nSPS) is 12.1. The van der Waals surface area contributed by atoms with Crippen molar-refractivity contribution < 1.29 is 13.7 Å². The van der Waals surface area contributed by atoms with Crippen LogP contribution in [0.2, 0.25) is 5.02 Å². The van der Waals surface area contributed by atoms with E-state index in [2.05, 4.69) is 5.32 Å². The minimum atomic E-state index is 0.0711. The molecule has 4 nitrogen and oxygen atoms in total. The van der Waals surface area contributed by atoms with Gasteiger partial charge in [-0.05, 0) is 55.2 Å². The zero-order valence-electron chi connectivity index (χ0n) is 13.7. The molecule has 0 radical (unpaired) electrons. The predicted octanol–water partition coefficient (Wildman–Crippen LogP) is 4.09. The maximum absolute atomic E-state index is 11.2. The zero-order chi connectivity index (χ0) is 17.9. The van der Waals surface area contributed by atoms with Gasteiger partial charge in [0.05, 0.1) is 17.9 Å². The van der Waals surface area contributed by atoms with Gasteiger partial charge in [0.15, 0.2) is 0 Å². The van der Waals surface area contributed by atoms with Gasteiger partial charge in [0.1, 0.15) is 5.75 Å². The molecule has 0 atom stereocenters. The second kappa shape index (κ2) is 10.7. The van der Waals surface area contributed by atoms with Crippen LogP contribution in [0.5, 0.6) is 5.75 Å². The second-order valence-corrected chi connectivity index (χ2v) is 6.38.